The fourth-order valence-corrected chi connectivity index (χ4v) is 4.25. The number of fused-ring (bicyclic) bond motifs is 1. The molecule has 0 spiro atoms. The topological polar surface area (TPSA) is 104 Å². The highest BCUT2D eigenvalue weighted by molar-refractivity contribution is 5.83. The van der Waals surface area contributed by atoms with Crippen molar-refractivity contribution in [2.24, 2.45) is 5.92 Å². The van der Waals surface area contributed by atoms with E-state index < -0.39 is 0 Å². The first-order valence-electron chi connectivity index (χ1n) is 12.6. The van der Waals surface area contributed by atoms with E-state index in [-0.39, 0.29) is 12.5 Å². The summed E-state index contributed by atoms with van der Waals surface area (Å²) in [7, 11) is 4.92. The third kappa shape index (κ3) is 6.03. The fraction of sp³-hybridized carbons (Fsp3) is 0.357. The number of benzene rings is 2. The molecule has 10 nitrogen and oxygen atoms in total. The van der Waals surface area contributed by atoms with E-state index in [1.165, 1.54) is 12.8 Å². The first-order chi connectivity index (χ1) is 18.6. The number of aromatic nitrogens is 4. The van der Waals surface area contributed by atoms with Crippen LogP contribution in [0.15, 0.2) is 55.0 Å². The van der Waals surface area contributed by atoms with Crippen molar-refractivity contribution in [2.75, 3.05) is 45.9 Å². The van der Waals surface area contributed by atoms with Crippen LogP contribution < -0.4 is 19.7 Å². The second-order valence-electron chi connectivity index (χ2n) is 9.32. The summed E-state index contributed by atoms with van der Waals surface area (Å²) >= 11 is 0. The molecule has 0 aliphatic heterocycles. The lowest BCUT2D eigenvalue weighted by Gasteiger charge is -2.26. The SMILES string of the molecule is COCCNC(=O)Cn1cc(-c2cnc3ccc(N(CC4CC4)c4cc(OC)cc(OC)c4)cc3n2)cn1. The van der Waals surface area contributed by atoms with Gasteiger partial charge in [0.25, 0.3) is 0 Å². The minimum absolute atomic E-state index is 0.120. The number of nitrogens with zero attached hydrogens (tertiary/aromatic N) is 5. The van der Waals surface area contributed by atoms with Gasteiger partial charge in [0.15, 0.2) is 0 Å². The summed E-state index contributed by atoms with van der Waals surface area (Å²) in [6, 6.07) is 12.1. The third-order valence-electron chi connectivity index (χ3n) is 6.49. The number of nitrogens with one attached hydrogen (secondary N) is 1. The van der Waals surface area contributed by atoms with E-state index in [0.29, 0.717) is 24.8 Å². The van der Waals surface area contributed by atoms with E-state index >= 15 is 0 Å². The van der Waals surface area contributed by atoms with Crippen molar-refractivity contribution in [1.82, 2.24) is 25.1 Å². The summed E-state index contributed by atoms with van der Waals surface area (Å²) in [5.41, 5.74) is 5.09. The highest BCUT2D eigenvalue weighted by Gasteiger charge is 2.26. The zero-order chi connectivity index (χ0) is 26.5. The van der Waals surface area contributed by atoms with Crippen LogP contribution in [0.2, 0.25) is 0 Å². The number of amides is 1. The van der Waals surface area contributed by atoms with Crippen LogP contribution in [-0.4, -0.2) is 66.7 Å². The van der Waals surface area contributed by atoms with Gasteiger partial charge >= 0.3 is 0 Å². The molecular formula is C28H32N6O4. The highest BCUT2D eigenvalue weighted by Crippen LogP contribution is 2.38. The van der Waals surface area contributed by atoms with Crippen molar-refractivity contribution >= 4 is 28.3 Å². The molecule has 2 heterocycles. The highest BCUT2D eigenvalue weighted by atomic mass is 16.5. The molecule has 0 bridgehead atoms. The summed E-state index contributed by atoms with van der Waals surface area (Å²) in [6.45, 7) is 1.94. The standard InChI is InChI=1S/C28H32N6O4/c1-36-9-8-29-28(35)18-33-17-20(14-31-33)27-15-30-25-7-6-21(12-26(25)32-27)34(16-19-4-5-19)22-10-23(37-2)13-24(11-22)38-3/h6-7,10-15,17,19H,4-5,8-9,16,18H2,1-3H3,(H,29,35). The van der Waals surface area contributed by atoms with E-state index in [0.717, 1.165) is 46.0 Å². The first-order valence-corrected chi connectivity index (χ1v) is 12.6. The van der Waals surface area contributed by atoms with Crippen molar-refractivity contribution in [3.63, 3.8) is 0 Å². The van der Waals surface area contributed by atoms with Crippen molar-refractivity contribution in [3.05, 3.63) is 55.0 Å². The predicted octanol–water partition coefficient (Wildman–Crippen LogP) is 3.82. The molecule has 198 valence electrons. The summed E-state index contributed by atoms with van der Waals surface area (Å²) in [5.74, 6) is 2.01. The van der Waals surface area contributed by atoms with Gasteiger partial charge in [0.2, 0.25) is 5.91 Å². The van der Waals surface area contributed by atoms with Gasteiger partial charge in [-0.25, -0.2) is 4.98 Å². The minimum Gasteiger partial charge on any atom is -0.497 e. The second-order valence-corrected chi connectivity index (χ2v) is 9.32. The van der Waals surface area contributed by atoms with E-state index in [2.05, 4.69) is 32.4 Å². The zero-order valence-electron chi connectivity index (χ0n) is 21.9. The molecule has 2 aromatic carbocycles. The van der Waals surface area contributed by atoms with Crippen molar-refractivity contribution < 1.29 is 19.0 Å². The van der Waals surface area contributed by atoms with Crippen LogP contribution in [0.4, 0.5) is 11.4 Å². The van der Waals surface area contributed by atoms with Gasteiger partial charge in [0.1, 0.15) is 18.0 Å². The minimum atomic E-state index is -0.129. The Labute approximate surface area is 221 Å². The molecule has 4 aromatic rings. The average Bonchev–Trinajstić information content (AvgIpc) is 3.66. The van der Waals surface area contributed by atoms with Crippen LogP contribution in [0.1, 0.15) is 12.8 Å². The quantitative estimate of drug-likeness (QED) is 0.284. The van der Waals surface area contributed by atoms with Crippen LogP contribution >= 0.6 is 0 Å². The van der Waals surface area contributed by atoms with E-state index in [1.54, 1.807) is 44.6 Å². The smallest absolute Gasteiger partial charge is 0.241 e. The molecule has 1 aliphatic rings. The molecule has 0 atom stereocenters. The summed E-state index contributed by atoms with van der Waals surface area (Å²) in [5, 5.41) is 7.12. The van der Waals surface area contributed by atoms with Gasteiger partial charge in [-0.2, -0.15) is 5.10 Å². The van der Waals surface area contributed by atoms with Crippen LogP contribution in [0.25, 0.3) is 22.3 Å². The Kier molecular flexibility index (Phi) is 7.69. The van der Waals surface area contributed by atoms with Crippen LogP contribution in [0, 0.1) is 5.92 Å². The molecule has 0 unspecified atom stereocenters. The van der Waals surface area contributed by atoms with Crippen LogP contribution in [0.3, 0.4) is 0 Å². The number of anilines is 2. The molecule has 0 radical (unpaired) electrons. The summed E-state index contributed by atoms with van der Waals surface area (Å²) in [4.78, 5) is 23.9. The Bertz CT molecular complexity index is 1400. The molecule has 5 rings (SSSR count). The molecule has 0 saturated heterocycles. The Morgan fingerprint density at radius 1 is 1.03 bits per heavy atom. The van der Waals surface area contributed by atoms with Gasteiger partial charge in [0, 0.05) is 61.5 Å². The van der Waals surface area contributed by atoms with Gasteiger partial charge in [-0.3, -0.25) is 14.5 Å². The molecule has 1 aliphatic carbocycles. The number of hydrogen-bond donors (Lipinski definition) is 1. The number of carbonyl (C=O) groups excluding carboxylic acids is 1. The zero-order valence-corrected chi connectivity index (χ0v) is 21.9. The number of ether oxygens (including phenoxy) is 3. The van der Waals surface area contributed by atoms with Gasteiger partial charge < -0.3 is 24.4 Å². The molecule has 1 saturated carbocycles. The monoisotopic (exact) mass is 516 g/mol. The maximum Gasteiger partial charge on any atom is 0.241 e. The van der Waals surface area contributed by atoms with Gasteiger partial charge in [0.05, 0.1) is 49.9 Å². The third-order valence-corrected chi connectivity index (χ3v) is 6.49. The van der Waals surface area contributed by atoms with E-state index in [4.69, 9.17) is 19.2 Å². The van der Waals surface area contributed by atoms with E-state index in [1.807, 2.05) is 24.3 Å². The summed E-state index contributed by atoms with van der Waals surface area (Å²) < 4.78 is 17.6. The molecule has 1 amide bonds. The molecule has 1 fully saturated rings. The van der Waals surface area contributed by atoms with Gasteiger partial charge in [-0.15, -0.1) is 0 Å². The Morgan fingerprint density at radius 3 is 2.53 bits per heavy atom. The summed E-state index contributed by atoms with van der Waals surface area (Å²) in [6.07, 6.45) is 7.69. The normalized spacial score (nSPS) is 12.9. The number of hydrogen-bond acceptors (Lipinski definition) is 8. The number of methoxy groups -OCH3 is 3. The van der Waals surface area contributed by atoms with E-state index in [9.17, 15) is 4.79 Å². The molecule has 2 aromatic heterocycles. The molecule has 38 heavy (non-hydrogen) atoms. The molecular weight excluding hydrogens is 484 g/mol. The van der Waals surface area contributed by atoms with Gasteiger partial charge in [-0.1, -0.05) is 0 Å². The van der Waals surface area contributed by atoms with Crippen molar-refractivity contribution in [2.45, 2.75) is 19.4 Å². The van der Waals surface area contributed by atoms with Gasteiger partial charge in [-0.05, 0) is 37.0 Å². The maximum atomic E-state index is 12.1. The van der Waals surface area contributed by atoms with Crippen LogP contribution in [0.5, 0.6) is 11.5 Å². The Morgan fingerprint density at radius 2 is 1.82 bits per heavy atom. The molecule has 1 N–H and O–H groups in total. The molecule has 10 heteroatoms. The largest absolute Gasteiger partial charge is 0.497 e. The van der Waals surface area contributed by atoms with Crippen LogP contribution in [-0.2, 0) is 16.1 Å². The van der Waals surface area contributed by atoms with Crippen molar-refractivity contribution in [3.8, 4) is 22.8 Å². The first kappa shape index (κ1) is 25.5. The lowest BCUT2D eigenvalue weighted by molar-refractivity contribution is -0.122. The second kappa shape index (κ2) is 11.5. The number of rotatable bonds is 12. The predicted molar refractivity (Wildman–Crippen MR) is 145 cm³/mol. The lowest BCUT2D eigenvalue weighted by atomic mass is 10.1. The fourth-order valence-electron chi connectivity index (χ4n) is 4.25. The van der Waals surface area contributed by atoms with Crippen molar-refractivity contribution in [1.29, 1.82) is 0 Å². The Balaban J connectivity index is 1.42. The maximum absolute atomic E-state index is 12.1. The Hall–Kier alpha value is -4.18. The lowest BCUT2D eigenvalue weighted by Crippen LogP contribution is -2.30. The number of carbonyl (C=O) groups is 1. The average molecular weight is 517 g/mol.